The van der Waals surface area contributed by atoms with E-state index in [1.54, 1.807) is 36.0 Å². The molecule has 0 atom stereocenters. The Hall–Kier alpha value is -2.45. The number of hydrogen-bond acceptors (Lipinski definition) is 6. The van der Waals surface area contributed by atoms with Crippen molar-refractivity contribution in [2.45, 2.75) is 6.54 Å². The fraction of sp³-hybridized carbons (Fsp3) is 0.143. The van der Waals surface area contributed by atoms with Crippen molar-refractivity contribution in [1.82, 2.24) is 24.3 Å². The Bertz CT molecular complexity index is 1110. The number of nitrogen functional groups attached to an aromatic ring is 1. The van der Waals surface area contributed by atoms with E-state index < -0.39 is 0 Å². The quantitative estimate of drug-likeness (QED) is 0.599. The number of aryl methyl sites for hydroxylation is 1. The summed E-state index contributed by atoms with van der Waals surface area (Å²) < 4.78 is 4.43. The molecule has 0 fully saturated rings. The molecule has 7 nitrogen and oxygen atoms in total. The van der Waals surface area contributed by atoms with Crippen LogP contribution in [-0.4, -0.2) is 24.3 Å². The van der Waals surface area contributed by atoms with Gasteiger partial charge in [0.25, 0.3) is 5.56 Å². The smallest absolute Gasteiger partial charge is 0.291 e. The molecule has 0 aromatic carbocycles. The van der Waals surface area contributed by atoms with Gasteiger partial charge >= 0.3 is 0 Å². The van der Waals surface area contributed by atoms with Crippen LogP contribution in [-0.2, 0) is 13.6 Å². The molecule has 9 heteroatoms. The van der Waals surface area contributed by atoms with Crippen molar-refractivity contribution in [3.8, 4) is 0 Å². The molecule has 0 saturated carbocycles. The third kappa shape index (κ3) is 2.18. The third-order valence-electron chi connectivity index (χ3n) is 3.64. The van der Waals surface area contributed by atoms with Gasteiger partial charge in [0, 0.05) is 12.4 Å². The minimum atomic E-state index is -0.199. The van der Waals surface area contributed by atoms with Crippen molar-refractivity contribution >= 4 is 50.0 Å². The summed E-state index contributed by atoms with van der Waals surface area (Å²) in [5.74, 6) is 0.412. The number of nitrogens with zero attached hydrogens (tertiary/aromatic N) is 5. The summed E-state index contributed by atoms with van der Waals surface area (Å²) in [5.41, 5.74) is 7.39. The van der Waals surface area contributed by atoms with Gasteiger partial charge in [-0.3, -0.25) is 4.79 Å². The summed E-state index contributed by atoms with van der Waals surface area (Å²) >= 11 is 7.30. The van der Waals surface area contributed by atoms with Gasteiger partial charge in [0.2, 0.25) is 0 Å². The molecule has 116 valence electrons. The average molecular weight is 347 g/mol. The van der Waals surface area contributed by atoms with Crippen LogP contribution in [0.5, 0.6) is 0 Å². The number of nitrogens with two attached hydrogens (primary N) is 1. The topological polar surface area (TPSA) is 91.6 Å². The second-order valence-electron chi connectivity index (χ2n) is 5.10. The van der Waals surface area contributed by atoms with Crippen LogP contribution in [0.25, 0.3) is 21.3 Å². The van der Waals surface area contributed by atoms with Gasteiger partial charge in [-0.15, -0.1) is 0 Å². The largest absolute Gasteiger partial charge is 0.384 e. The second-order valence-corrected chi connectivity index (χ2v) is 6.68. The second kappa shape index (κ2) is 5.04. The molecule has 4 aromatic heterocycles. The van der Waals surface area contributed by atoms with Crippen LogP contribution in [0.3, 0.4) is 0 Å². The van der Waals surface area contributed by atoms with Crippen LogP contribution < -0.4 is 11.3 Å². The molecule has 0 amide bonds. The van der Waals surface area contributed by atoms with Crippen LogP contribution in [0.4, 0.5) is 5.82 Å². The minimum Gasteiger partial charge on any atom is -0.384 e. The van der Waals surface area contributed by atoms with Crippen molar-refractivity contribution < 1.29 is 0 Å². The third-order valence-corrected chi connectivity index (χ3v) is 4.82. The number of aromatic nitrogens is 5. The maximum Gasteiger partial charge on any atom is 0.291 e. The first-order valence-corrected chi connectivity index (χ1v) is 7.96. The molecule has 4 rings (SSSR count). The van der Waals surface area contributed by atoms with Gasteiger partial charge < -0.3 is 10.3 Å². The zero-order valence-electron chi connectivity index (χ0n) is 12.0. The Morgan fingerprint density at radius 1 is 1.35 bits per heavy atom. The predicted molar refractivity (Wildman–Crippen MR) is 90.9 cm³/mol. The highest BCUT2D eigenvalue weighted by Crippen LogP contribution is 2.32. The van der Waals surface area contributed by atoms with Crippen molar-refractivity contribution in [1.29, 1.82) is 0 Å². The highest BCUT2D eigenvalue weighted by atomic mass is 35.5. The first kappa shape index (κ1) is 14.2. The van der Waals surface area contributed by atoms with Crippen molar-refractivity contribution in [3.05, 3.63) is 44.9 Å². The van der Waals surface area contributed by atoms with Gasteiger partial charge in [-0.2, -0.15) is 5.10 Å². The fourth-order valence-corrected chi connectivity index (χ4v) is 3.76. The average Bonchev–Trinajstić information content (AvgIpc) is 3.00. The number of fused-ring (bicyclic) bond motifs is 3. The molecule has 4 aromatic rings. The van der Waals surface area contributed by atoms with Gasteiger partial charge in [0.05, 0.1) is 23.1 Å². The van der Waals surface area contributed by atoms with E-state index in [9.17, 15) is 4.79 Å². The molecule has 4 heterocycles. The lowest BCUT2D eigenvalue weighted by molar-refractivity contribution is 0.633. The van der Waals surface area contributed by atoms with Gasteiger partial charge in [-0.1, -0.05) is 29.0 Å². The summed E-state index contributed by atoms with van der Waals surface area (Å²) in [7, 11) is 1.80. The molecule has 0 aliphatic heterocycles. The van der Waals surface area contributed by atoms with E-state index in [-0.39, 0.29) is 12.1 Å². The van der Waals surface area contributed by atoms with Crippen molar-refractivity contribution in [2.75, 3.05) is 5.73 Å². The first-order chi connectivity index (χ1) is 11.0. The number of halogens is 1. The molecule has 0 spiro atoms. The fourth-order valence-electron chi connectivity index (χ4n) is 2.62. The van der Waals surface area contributed by atoms with Gasteiger partial charge in [0.1, 0.15) is 11.3 Å². The number of hydrogen-bond donors (Lipinski definition) is 1. The van der Waals surface area contributed by atoms with Crippen LogP contribution in [0, 0.1) is 0 Å². The molecular formula is C14H11ClN6OS. The Morgan fingerprint density at radius 3 is 2.96 bits per heavy atom. The maximum atomic E-state index is 12.8. The molecule has 0 aliphatic carbocycles. The van der Waals surface area contributed by atoms with E-state index >= 15 is 0 Å². The lowest BCUT2D eigenvalue weighted by Crippen LogP contribution is -2.25. The summed E-state index contributed by atoms with van der Waals surface area (Å²) in [4.78, 5) is 21.2. The summed E-state index contributed by atoms with van der Waals surface area (Å²) in [5, 5.41) is 5.01. The standard InChI is InChI=1S/C14H11ClN6OS/c1-20-10-8(11-12(20)19-14(15)23-11)5-17-21(13(10)22)6-7-3-2-4-9(16)18-7/h2-5H,6H2,1H3,(H2,16,18). The number of anilines is 1. The summed E-state index contributed by atoms with van der Waals surface area (Å²) in [6.07, 6.45) is 1.67. The van der Waals surface area contributed by atoms with Gasteiger partial charge in [-0.25, -0.2) is 14.6 Å². The van der Waals surface area contributed by atoms with E-state index in [4.69, 9.17) is 17.3 Å². The van der Waals surface area contributed by atoms with E-state index in [1.165, 1.54) is 16.0 Å². The zero-order valence-corrected chi connectivity index (χ0v) is 13.6. The Kier molecular flexibility index (Phi) is 3.10. The molecule has 0 aliphatic rings. The first-order valence-electron chi connectivity index (χ1n) is 6.76. The number of pyridine rings is 1. The molecular weight excluding hydrogens is 336 g/mol. The normalized spacial score (nSPS) is 11.6. The van der Waals surface area contributed by atoms with Crippen molar-refractivity contribution in [3.63, 3.8) is 0 Å². The number of thiazole rings is 1. The lowest BCUT2D eigenvalue weighted by atomic mass is 10.3. The Labute approximate surface area is 139 Å². The highest BCUT2D eigenvalue weighted by Gasteiger charge is 2.17. The van der Waals surface area contributed by atoms with E-state index in [2.05, 4.69) is 15.1 Å². The zero-order chi connectivity index (χ0) is 16.1. The monoisotopic (exact) mass is 346 g/mol. The van der Waals surface area contributed by atoms with E-state index in [0.29, 0.717) is 27.1 Å². The maximum absolute atomic E-state index is 12.8. The van der Waals surface area contributed by atoms with E-state index in [0.717, 1.165) is 10.1 Å². The van der Waals surface area contributed by atoms with E-state index in [1.807, 2.05) is 0 Å². The highest BCUT2D eigenvalue weighted by molar-refractivity contribution is 7.23. The van der Waals surface area contributed by atoms with Crippen LogP contribution in [0.2, 0.25) is 4.47 Å². The van der Waals surface area contributed by atoms with Crippen LogP contribution in [0.1, 0.15) is 5.69 Å². The summed E-state index contributed by atoms with van der Waals surface area (Å²) in [6, 6.07) is 5.30. The summed E-state index contributed by atoms with van der Waals surface area (Å²) in [6.45, 7) is 0.257. The molecule has 0 saturated heterocycles. The van der Waals surface area contributed by atoms with Crippen molar-refractivity contribution in [2.24, 2.45) is 7.05 Å². The van der Waals surface area contributed by atoms with Gasteiger partial charge in [-0.05, 0) is 12.1 Å². The molecule has 0 unspecified atom stereocenters. The SMILES string of the molecule is Cn1c2nc(Cl)sc2c2cnn(Cc3cccc(N)n3)c(=O)c21. The predicted octanol–water partition coefficient (Wildman–Crippen LogP) is 2.02. The molecule has 23 heavy (non-hydrogen) atoms. The Morgan fingerprint density at radius 2 is 2.17 bits per heavy atom. The lowest BCUT2D eigenvalue weighted by Gasteiger charge is -2.05. The van der Waals surface area contributed by atoms with Gasteiger partial charge in [0.15, 0.2) is 10.1 Å². The number of rotatable bonds is 2. The minimum absolute atomic E-state index is 0.199. The molecule has 0 bridgehead atoms. The Balaban J connectivity index is 1.91. The molecule has 2 N–H and O–H groups in total. The molecule has 0 radical (unpaired) electrons. The van der Waals surface area contributed by atoms with Crippen LogP contribution in [0.15, 0.2) is 29.2 Å². The van der Waals surface area contributed by atoms with Crippen LogP contribution >= 0.6 is 22.9 Å².